The molecule has 0 aliphatic carbocycles. The maximum atomic E-state index is 6.28. The molecule has 20 heavy (non-hydrogen) atoms. The van der Waals surface area contributed by atoms with Crippen LogP contribution in [0, 0.1) is 6.92 Å². The Balaban J connectivity index is 2.30. The SMILES string of the molecule is Cc1ccn2c(CN)c(-c3ccc(Cl)cc3Cl)nc2c1. The van der Waals surface area contributed by atoms with Gasteiger partial charge in [-0.1, -0.05) is 23.2 Å². The average Bonchev–Trinajstić information content (AvgIpc) is 2.75. The summed E-state index contributed by atoms with van der Waals surface area (Å²) < 4.78 is 1.99. The third kappa shape index (κ3) is 2.18. The average molecular weight is 306 g/mol. The first-order chi connectivity index (χ1) is 9.60. The largest absolute Gasteiger partial charge is 0.325 e. The Labute approximate surface area is 127 Å². The van der Waals surface area contributed by atoms with Gasteiger partial charge in [0.25, 0.3) is 0 Å². The summed E-state index contributed by atoms with van der Waals surface area (Å²) >= 11 is 12.2. The molecule has 0 spiro atoms. The Morgan fingerprint density at radius 3 is 2.70 bits per heavy atom. The molecule has 0 aliphatic heterocycles. The first-order valence-corrected chi connectivity index (χ1v) is 6.99. The molecular formula is C15H13Cl2N3. The van der Waals surface area contributed by atoms with Gasteiger partial charge in [-0.15, -0.1) is 0 Å². The quantitative estimate of drug-likeness (QED) is 0.775. The van der Waals surface area contributed by atoms with Crippen molar-refractivity contribution in [2.45, 2.75) is 13.5 Å². The number of rotatable bonds is 2. The number of benzene rings is 1. The van der Waals surface area contributed by atoms with Crippen molar-refractivity contribution in [3.63, 3.8) is 0 Å². The second-order valence-corrected chi connectivity index (χ2v) is 5.51. The molecule has 2 aromatic heterocycles. The van der Waals surface area contributed by atoms with Crippen LogP contribution in [0.4, 0.5) is 0 Å². The molecule has 0 unspecified atom stereocenters. The zero-order chi connectivity index (χ0) is 14.3. The van der Waals surface area contributed by atoms with Crippen molar-refractivity contribution >= 4 is 28.8 Å². The van der Waals surface area contributed by atoms with E-state index in [2.05, 4.69) is 4.98 Å². The van der Waals surface area contributed by atoms with Crippen molar-refractivity contribution in [1.29, 1.82) is 0 Å². The maximum absolute atomic E-state index is 6.28. The van der Waals surface area contributed by atoms with Gasteiger partial charge in [0.15, 0.2) is 0 Å². The fourth-order valence-electron chi connectivity index (χ4n) is 2.29. The summed E-state index contributed by atoms with van der Waals surface area (Å²) in [6.07, 6.45) is 1.98. The van der Waals surface area contributed by atoms with Gasteiger partial charge in [0.05, 0.1) is 16.4 Å². The summed E-state index contributed by atoms with van der Waals surface area (Å²) in [5, 5.41) is 1.18. The summed E-state index contributed by atoms with van der Waals surface area (Å²) in [6, 6.07) is 9.44. The highest BCUT2D eigenvalue weighted by Crippen LogP contribution is 2.32. The number of fused-ring (bicyclic) bond motifs is 1. The van der Waals surface area contributed by atoms with Gasteiger partial charge in [0.2, 0.25) is 0 Å². The van der Waals surface area contributed by atoms with E-state index in [1.165, 1.54) is 0 Å². The number of aromatic nitrogens is 2. The minimum absolute atomic E-state index is 0.387. The van der Waals surface area contributed by atoms with E-state index in [-0.39, 0.29) is 0 Å². The number of nitrogens with two attached hydrogens (primary N) is 1. The molecule has 0 aliphatic rings. The van der Waals surface area contributed by atoms with Crippen molar-refractivity contribution in [3.8, 4) is 11.3 Å². The van der Waals surface area contributed by atoms with Gasteiger partial charge in [-0.05, 0) is 42.8 Å². The monoisotopic (exact) mass is 305 g/mol. The summed E-state index contributed by atoms with van der Waals surface area (Å²) in [5.41, 5.74) is 10.5. The van der Waals surface area contributed by atoms with Gasteiger partial charge in [0.1, 0.15) is 5.65 Å². The van der Waals surface area contributed by atoms with Gasteiger partial charge in [-0.2, -0.15) is 0 Å². The molecule has 0 saturated heterocycles. The number of halogens is 2. The van der Waals surface area contributed by atoms with Crippen LogP contribution in [0.25, 0.3) is 16.9 Å². The van der Waals surface area contributed by atoms with E-state index < -0.39 is 0 Å². The lowest BCUT2D eigenvalue weighted by atomic mass is 10.1. The predicted molar refractivity (Wildman–Crippen MR) is 83.3 cm³/mol. The second kappa shape index (κ2) is 5.09. The number of pyridine rings is 1. The van der Waals surface area contributed by atoms with E-state index in [1.807, 2.05) is 35.7 Å². The first kappa shape index (κ1) is 13.4. The van der Waals surface area contributed by atoms with Gasteiger partial charge < -0.3 is 10.1 Å². The number of nitrogens with zero attached hydrogens (tertiary/aromatic N) is 2. The fourth-order valence-corrected chi connectivity index (χ4v) is 2.79. The molecule has 0 amide bonds. The maximum Gasteiger partial charge on any atom is 0.137 e. The third-order valence-electron chi connectivity index (χ3n) is 3.26. The van der Waals surface area contributed by atoms with Crippen LogP contribution in [0.1, 0.15) is 11.3 Å². The normalized spacial score (nSPS) is 11.2. The number of hydrogen-bond acceptors (Lipinski definition) is 2. The van der Waals surface area contributed by atoms with E-state index in [1.54, 1.807) is 12.1 Å². The first-order valence-electron chi connectivity index (χ1n) is 6.23. The smallest absolute Gasteiger partial charge is 0.137 e. The Bertz CT molecular complexity index is 793. The van der Waals surface area contributed by atoms with Crippen molar-refractivity contribution in [1.82, 2.24) is 9.38 Å². The van der Waals surface area contributed by atoms with Crippen LogP contribution in [-0.2, 0) is 6.54 Å². The van der Waals surface area contributed by atoms with Crippen LogP contribution in [0.3, 0.4) is 0 Å². The molecule has 1 aromatic carbocycles. The van der Waals surface area contributed by atoms with E-state index >= 15 is 0 Å². The number of aryl methyl sites for hydroxylation is 1. The highest BCUT2D eigenvalue weighted by molar-refractivity contribution is 6.36. The molecule has 0 atom stereocenters. The zero-order valence-electron chi connectivity index (χ0n) is 10.9. The number of hydrogen-bond donors (Lipinski definition) is 1. The molecule has 3 rings (SSSR count). The van der Waals surface area contributed by atoms with Crippen LogP contribution in [0.15, 0.2) is 36.5 Å². The predicted octanol–water partition coefficient (Wildman–Crippen LogP) is 4.08. The van der Waals surface area contributed by atoms with E-state index in [4.69, 9.17) is 28.9 Å². The molecule has 2 N–H and O–H groups in total. The van der Waals surface area contributed by atoms with Gasteiger partial charge in [-0.25, -0.2) is 4.98 Å². The lowest BCUT2D eigenvalue weighted by Gasteiger charge is -2.05. The Morgan fingerprint density at radius 1 is 1.20 bits per heavy atom. The zero-order valence-corrected chi connectivity index (χ0v) is 12.4. The molecule has 0 saturated carbocycles. The fraction of sp³-hybridized carbons (Fsp3) is 0.133. The molecule has 3 aromatic rings. The van der Waals surface area contributed by atoms with Crippen molar-refractivity contribution in [3.05, 3.63) is 57.8 Å². The van der Waals surface area contributed by atoms with Crippen LogP contribution in [-0.4, -0.2) is 9.38 Å². The Morgan fingerprint density at radius 2 is 2.00 bits per heavy atom. The molecule has 2 heterocycles. The van der Waals surface area contributed by atoms with Crippen molar-refractivity contribution in [2.24, 2.45) is 5.73 Å². The second-order valence-electron chi connectivity index (χ2n) is 4.67. The molecule has 3 nitrogen and oxygen atoms in total. The molecule has 0 radical (unpaired) electrons. The van der Waals surface area contributed by atoms with Crippen LogP contribution >= 0.6 is 23.2 Å². The van der Waals surface area contributed by atoms with Gasteiger partial charge >= 0.3 is 0 Å². The van der Waals surface area contributed by atoms with Crippen molar-refractivity contribution in [2.75, 3.05) is 0 Å². The van der Waals surface area contributed by atoms with E-state index in [0.29, 0.717) is 16.6 Å². The highest BCUT2D eigenvalue weighted by atomic mass is 35.5. The van der Waals surface area contributed by atoms with E-state index in [0.717, 1.165) is 28.2 Å². The standard InChI is InChI=1S/C15H13Cl2N3/c1-9-4-5-20-13(8-18)15(19-14(20)6-9)11-3-2-10(16)7-12(11)17/h2-7H,8,18H2,1H3. The van der Waals surface area contributed by atoms with Gasteiger partial charge in [0, 0.05) is 23.3 Å². The highest BCUT2D eigenvalue weighted by Gasteiger charge is 2.15. The minimum Gasteiger partial charge on any atom is -0.325 e. The molecular weight excluding hydrogens is 293 g/mol. The molecule has 0 bridgehead atoms. The Kier molecular flexibility index (Phi) is 3.42. The Hall–Kier alpha value is -1.55. The summed E-state index contributed by atoms with van der Waals surface area (Å²) in [5.74, 6) is 0. The topological polar surface area (TPSA) is 43.3 Å². The van der Waals surface area contributed by atoms with Crippen LogP contribution in [0.2, 0.25) is 10.0 Å². The molecule has 0 fully saturated rings. The minimum atomic E-state index is 0.387. The third-order valence-corrected chi connectivity index (χ3v) is 3.81. The van der Waals surface area contributed by atoms with Crippen LogP contribution in [0.5, 0.6) is 0 Å². The summed E-state index contributed by atoms with van der Waals surface area (Å²) in [7, 11) is 0. The summed E-state index contributed by atoms with van der Waals surface area (Å²) in [6.45, 7) is 2.42. The summed E-state index contributed by atoms with van der Waals surface area (Å²) in [4.78, 5) is 4.66. The molecule has 5 heteroatoms. The number of imidazole rings is 1. The lowest BCUT2D eigenvalue weighted by Crippen LogP contribution is -2.02. The van der Waals surface area contributed by atoms with Crippen molar-refractivity contribution < 1.29 is 0 Å². The lowest BCUT2D eigenvalue weighted by molar-refractivity contribution is 0.960. The van der Waals surface area contributed by atoms with Crippen LogP contribution < -0.4 is 5.73 Å². The van der Waals surface area contributed by atoms with E-state index in [9.17, 15) is 0 Å². The van der Waals surface area contributed by atoms with Gasteiger partial charge in [-0.3, -0.25) is 0 Å². The molecule has 102 valence electrons.